The molecule has 1 aliphatic rings. The van der Waals surface area contributed by atoms with Crippen LogP contribution in [0.5, 0.6) is 0 Å². The number of rotatable bonds is 5. The Labute approximate surface area is 207 Å². The normalized spacial score (nSPS) is 14.6. The number of benzene rings is 2. The molecule has 5 rings (SSSR count). The van der Waals surface area contributed by atoms with Crippen LogP contribution in [0.1, 0.15) is 34.4 Å². The van der Waals surface area contributed by atoms with Crippen LogP contribution in [0.25, 0.3) is 16.8 Å². The van der Waals surface area contributed by atoms with E-state index in [-0.39, 0.29) is 5.91 Å². The van der Waals surface area contributed by atoms with E-state index in [0.29, 0.717) is 24.4 Å². The standard InChI is InChI=1S/C26H27BrN6O/c1-3-22-23(20-9-11-21(27)12-10-20)25-29-28-24(18(2)33(25)30-22)26(34)32-15-13-31(14-16-32)17-19-7-5-4-6-8-19/h4-12H,3,13-17H2,1-2H3. The van der Waals surface area contributed by atoms with Gasteiger partial charge in [-0.25, -0.2) is 4.52 Å². The van der Waals surface area contributed by atoms with Gasteiger partial charge in [-0.3, -0.25) is 9.69 Å². The lowest BCUT2D eigenvalue weighted by Gasteiger charge is -2.34. The van der Waals surface area contributed by atoms with Crippen molar-refractivity contribution in [2.45, 2.75) is 26.8 Å². The maximum absolute atomic E-state index is 13.4. The van der Waals surface area contributed by atoms with Gasteiger partial charge in [-0.2, -0.15) is 5.10 Å². The summed E-state index contributed by atoms with van der Waals surface area (Å²) < 4.78 is 2.80. The molecule has 174 valence electrons. The molecule has 2 aromatic heterocycles. The molecule has 0 unspecified atom stereocenters. The highest BCUT2D eigenvalue weighted by Crippen LogP contribution is 2.30. The highest BCUT2D eigenvalue weighted by Gasteiger charge is 2.27. The van der Waals surface area contributed by atoms with Crippen LogP contribution in [0.2, 0.25) is 0 Å². The van der Waals surface area contributed by atoms with Crippen LogP contribution in [0.4, 0.5) is 0 Å². The van der Waals surface area contributed by atoms with Crippen LogP contribution in [-0.2, 0) is 13.0 Å². The molecule has 1 aliphatic heterocycles. The third-order valence-electron chi connectivity index (χ3n) is 6.42. The maximum Gasteiger partial charge on any atom is 0.276 e. The van der Waals surface area contributed by atoms with E-state index in [2.05, 4.69) is 62.2 Å². The summed E-state index contributed by atoms with van der Waals surface area (Å²) in [5.41, 5.74) is 6.02. The summed E-state index contributed by atoms with van der Waals surface area (Å²) in [6.07, 6.45) is 0.765. The van der Waals surface area contributed by atoms with Gasteiger partial charge < -0.3 is 4.90 Å². The van der Waals surface area contributed by atoms with Gasteiger partial charge in [-0.1, -0.05) is 65.3 Å². The number of hydrogen-bond acceptors (Lipinski definition) is 5. The number of fused-ring (bicyclic) bond motifs is 1. The second-order valence-corrected chi connectivity index (χ2v) is 9.52. The van der Waals surface area contributed by atoms with E-state index in [1.165, 1.54) is 5.56 Å². The van der Waals surface area contributed by atoms with Gasteiger partial charge in [0.2, 0.25) is 0 Å². The summed E-state index contributed by atoms with van der Waals surface area (Å²) in [6, 6.07) is 18.6. The number of piperazine rings is 1. The lowest BCUT2D eigenvalue weighted by molar-refractivity contribution is 0.0620. The molecule has 0 N–H and O–H groups in total. The number of aryl methyl sites for hydroxylation is 2. The molecule has 0 atom stereocenters. The zero-order valence-electron chi connectivity index (χ0n) is 19.4. The van der Waals surface area contributed by atoms with Crippen molar-refractivity contribution in [3.63, 3.8) is 0 Å². The van der Waals surface area contributed by atoms with Gasteiger partial charge >= 0.3 is 0 Å². The van der Waals surface area contributed by atoms with Crippen LogP contribution < -0.4 is 0 Å². The fraction of sp³-hybridized carbons (Fsp3) is 0.308. The molecule has 1 amide bonds. The Balaban J connectivity index is 1.37. The zero-order chi connectivity index (χ0) is 23.7. The number of amides is 1. The van der Waals surface area contributed by atoms with E-state index >= 15 is 0 Å². The van der Waals surface area contributed by atoms with Gasteiger partial charge in [0.05, 0.1) is 17.0 Å². The molecule has 8 heteroatoms. The van der Waals surface area contributed by atoms with Gasteiger partial charge in [0.25, 0.3) is 5.91 Å². The molecule has 1 saturated heterocycles. The van der Waals surface area contributed by atoms with Crippen molar-refractivity contribution in [1.82, 2.24) is 29.6 Å². The number of aromatic nitrogens is 4. The summed E-state index contributed by atoms with van der Waals surface area (Å²) in [5.74, 6) is -0.0787. The Morgan fingerprint density at radius 3 is 2.35 bits per heavy atom. The second-order valence-electron chi connectivity index (χ2n) is 8.61. The average molecular weight is 519 g/mol. The Kier molecular flexibility index (Phi) is 6.43. The summed E-state index contributed by atoms with van der Waals surface area (Å²) in [6.45, 7) is 7.91. The smallest absolute Gasteiger partial charge is 0.276 e. The maximum atomic E-state index is 13.4. The lowest BCUT2D eigenvalue weighted by Crippen LogP contribution is -2.48. The highest BCUT2D eigenvalue weighted by molar-refractivity contribution is 9.10. The quantitative estimate of drug-likeness (QED) is 0.392. The van der Waals surface area contributed by atoms with E-state index in [1.54, 1.807) is 4.52 Å². The van der Waals surface area contributed by atoms with Crippen molar-refractivity contribution in [2.75, 3.05) is 26.2 Å². The number of nitrogens with zero attached hydrogens (tertiary/aromatic N) is 6. The van der Waals surface area contributed by atoms with Crippen molar-refractivity contribution in [1.29, 1.82) is 0 Å². The predicted octanol–water partition coefficient (Wildman–Crippen LogP) is 4.38. The molecule has 0 radical (unpaired) electrons. The van der Waals surface area contributed by atoms with E-state index < -0.39 is 0 Å². The van der Waals surface area contributed by atoms with Crippen LogP contribution in [-0.4, -0.2) is 61.7 Å². The minimum absolute atomic E-state index is 0.0787. The molecule has 0 aliphatic carbocycles. The molecule has 2 aromatic carbocycles. The first-order valence-corrected chi connectivity index (χ1v) is 12.4. The van der Waals surface area contributed by atoms with E-state index in [1.807, 2.05) is 42.2 Å². The van der Waals surface area contributed by atoms with E-state index in [4.69, 9.17) is 5.10 Å². The third kappa shape index (κ3) is 4.35. The second kappa shape index (κ2) is 9.64. The first-order chi connectivity index (χ1) is 16.5. The van der Waals surface area contributed by atoms with E-state index in [9.17, 15) is 4.79 Å². The Hall–Kier alpha value is -3.10. The van der Waals surface area contributed by atoms with Crippen molar-refractivity contribution < 1.29 is 4.79 Å². The molecule has 34 heavy (non-hydrogen) atoms. The fourth-order valence-electron chi connectivity index (χ4n) is 4.51. The molecule has 1 fully saturated rings. The number of carbonyl (C=O) groups excluding carboxylic acids is 1. The monoisotopic (exact) mass is 518 g/mol. The van der Waals surface area contributed by atoms with Gasteiger partial charge in [-0.05, 0) is 36.6 Å². The molecule has 0 bridgehead atoms. The van der Waals surface area contributed by atoms with Crippen molar-refractivity contribution in [2.24, 2.45) is 0 Å². The van der Waals surface area contributed by atoms with Gasteiger partial charge in [0.15, 0.2) is 11.3 Å². The third-order valence-corrected chi connectivity index (χ3v) is 6.95. The number of carbonyl (C=O) groups is 1. The Bertz CT molecular complexity index is 1310. The van der Waals surface area contributed by atoms with Crippen molar-refractivity contribution in [3.05, 3.63) is 81.7 Å². The average Bonchev–Trinajstić information content (AvgIpc) is 3.25. The fourth-order valence-corrected chi connectivity index (χ4v) is 4.77. The zero-order valence-corrected chi connectivity index (χ0v) is 21.0. The number of halogens is 1. The van der Waals surface area contributed by atoms with Crippen LogP contribution in [0, 0.1) is 6.92 Å². The Morgan fingerprint density at radius 2 is 1.68 bits per heavy atom. The van der Waals surface area contributed by atoms with E-state index in [0.717, 1.165) is 53.0 Å². The molecule has 4 aromatic rings. The lowest BCUT2D eigenvalue weighted by atomic mass is 10.0. The van der Waals surface area contributed by atoms with Gasteiger partial charge in [-0.15, -0.1) is 10.2 Å². The first kappa shape index (κ1) is 22.7. The molecule has 7 nitrogen and oxygen atoms in total. The minimum atomic E-state index is -0.0787. The molecule has 3 heterocycles. The molecule has 0 saturated carbocycles. The SMILES string of the molecule is CCc1nn2c(C)c(C(=O)N3CCN(Cc4ccccc4)CC3)nnc2c1-c1ccc(Br)cc1. The van der Waals surface area contributed by atoms with Crippen LogP contribution in [0.15, 0.2) is 59.1 Å². The minimum Gasteiger partial charge on any atom is -0.335 e. The summed E-state index contributed by atoms with van der Waals surface area (Å²) >= 11 is 3.50. The topological polar surface area (TPSA) is 66.6 Å². The predicted molar refractivity (Wildman–Crippen MR) is 136 cm³/mol. The first-order valence-electron chi connectivity index (χ1n) is 11.6. The van der Waals surface area contributed by atoms with Crippen molar-refractivity contribution in [3.8, 4) is 11.1 Å². The Morgan fingerprint density at radius 1 is 0.971 bits per heavy atom. The van der Waals surface area contributed by atoms with Gasteiger partial charge in [0, 0.05) is 37.2 Å². The summed E-state index contributed by atoms with van der Waals surface area (Å²) in [5, 5.41) is 13.7. The number of hydrogen-bond donors (Lipinski definition) is 0. The summed E-state index contributed by atoms with van der Waals surface area (Å²) in [7, 11) is 0. The van der Waals surface area contributed by atoms with Gasteiger partial charge in [0.1, 0.15) is 0 Å². The summed E-state index contributed by atoms with van der Waals surface area (Å²) in [4.78, 5) is 17.6. The highest BCUT2D eigenvalue weighted by atomic mass is 79.9. The largest absolute Gasteiger partial charge is 0.335 e. The molecular formula is C26H27BrN6O. The molecular weight excluding hydrogens is 492 g/mol. The van der Waals surface area contributed by atoms with Crippen LogP contribution in [0.3, 0.4) is 0 Å². The van der Waals surface area contributed by atoms with Crippen molar-refractivity contribution >= 4 is 27.5 Å². The molecule has 0 spiro atoms. The van der Waals surface area contributed by atoms with Crippen LogP contribution >= 0.6 is 15.9 Å².